The summed E-state index contributed by atoms with van der Waals surface area (Å²) in [4.78, 5) is 0. The quantitative estimate of drug-likeness (QED) is 0.421. The third-order valence-corrected chi connectivity index (χ3v) is 2.56. The predicted octanol–water partition coefficient (Wildman–Crippen LogP) is -0.803. The third-order valence-electron chi connectivity index (χ3n) is 2.16. The Hall–Kier alpha value is -0.214. The first-order chi connectivity index (χ1) is 8.04. The fourth-order valence-electron chi connectivity index (χ4n) is 1.45. The molecule has 0 amide bonds. The first-order valence-electron chi connectivity index (χ1n) is 4.85. The molecule has 0 heterocycles. The zero-order valence-electron chi connectivity index (χ0n) is 9.74. The first kappa shape index (κ1) is 15.8. The van der Waals surface area contributed by atoms with Crippen LogP contribution in [0.25, 0.3) is 11.1 Å². The van der Waals surface area contributed by atoms with Crippen LogP contribution in [0.15, 0.2) is 54.6 Å². The van der Waals surface area contributed by atoms with Crippen molar-refractivity contribution in [1.82, 2.24) is 0 Å². The van der Waals surface area contributed by atoms with E-state index in [-0.39, 0.29) is 57.1 Å². The van der Waals surface area contributed by atoms with Gasteiger partial charge in [0, 0.05) is 0 Å². The number of hydrogen-bond acceptors (Lipinski definition) is 4. The van der Waals surface area contributed by atoms with Crippen LogP contribution in [0.5, 0.6) is 5.75 Å². The Labute approximate surface area is 148 Å². The van der Waals surface area contributed by atoms with Crippen LogP contribution in [0.2, 0.25) is 0 Å². The fraction of sp³-hybridized carbons (Fsp3) is 0. The van der Waals surface area contributed by atoms with Gasteiger partial charge >= 0.3 is 51.4 Å². The normalized spacial score (nSPS) is 10.5. The van der Waals surface area contributed by atoms with Gasteiger partial charge in [0.05, 0.1) is 0 Å². The van der Waals surface area contributed by atoms with Gasteiger partial charge < -0.3 is 8.74 Å². The van der Waals surface area contributed by atoms with E-state index in [1.54, 1.807) is 12.1 Å². The second kappa shape index (κ2) is 6.81. The molecule has 0 spiro atoms. The summed E-state index contributed by atoms with van der Waals surface area (Å²) in [5, 5.41) is 0. The molecule has 0 unspecified atom stereocenters. The van der Waals surface area contributed by atoms with Crippen molar-refractivity contribution in [3.63, 3.8) is 0 Å². The molecule has 0 fully saturated rings. The molecule has 0 aliphatic rings. The van der Waals surface area contributed by atoms with Gasteiger partial charge in [-0.3, -0.25) is 0 Å². The maximum Gasteiger partial charge on any atom is 1.00 e. The molecule has 2 aromatic rings. The summed E-state index contributed by atoms with van der Waals surface area (Å²) in [5.74, 6) is 0.0136. The van der Waals surface area contributed by atoms with E-state index in [2.05, 4.69) is 4.18 Å². The minimum absolute atomic E-state index is 0. The summed E-state index contributed by atoms with van der Waals surface area (Å²) in [6.07, 6.45) is 0. The Kier molecular flexibility index (Phi) is 5.99. The molecule has 2 rings (SSSR count). The minimum atomic E-state index is -4.70. The Morgan fingerprint density at radius 1 is 0.833 bits per heavy atom. The van der Waals surface area contributed by atoms with Crippen molar-refractivity contribution in [2.45, 2.75) is 0 Å². The van der Waals surface area contributed by atoms with Crippen LogP contribution in [-0.2, 0) is 10.4 Å². The van der Waals surface area contributed by atoms with E-state index in [4.69, 9.17) is 0 Å². The summed E-state index contributed by atoms with van der Waals surface area (Å²) < 4.78 is 35.3. The van der Waals surface area contributed by atoms with Crippen LogP contribution in [-0.4, -0.2) is 13.0 Å². The Bertz CT molecular complexity index is 594. The SMILES string of the molecule is O=S(=O)([O-])Oc1ccc(-c2ccccc2)cc1.[K+]. The molecular weight excluding hydrogens is 279 g/mol. The molecular formula is C12H9KO4S. The minimum Gasteiger partial charge on any atom is -0.716 e. The average molecular weight is 288 g/mol. The second-order valence-electron chi connectivity index (χ2n) is 3.38. The standard InChI is InChI=1S/C12H10O4S.K/c13-17(14,15)16-12-8-6-11(7-9-12)10-4-2-1-3-5-10;/h1-9H,(H,13,14,15);/q;+1/p-1. The average Bonchev–Trinajstić information content (AvgIpc) is 2.29. The zero-order valence-corrected chi connectivity index (χ0v) is 13.7. The van der Waals surface area contributed by atoms with Gasteiger partial charge in [-0.05, 0) is 23.3 Å². The molecule has 6 heteroatoms. The maximum atomic E-state index is 10.4. The van der Waals surface area contributed by atoms with E-state index in [0.717, 1.165) is 11.1 Å². The van der Waals surface area contributed by atoms with Crippen LogP contribution in [0, 0.1) is 0 Å². The van der Waals surface area contributed by atoms with E-state index in [0.29, 0.717) is 0 Å². The largest absolute Gasteiger partial charge is 1.00 e. The van der Waals surface area contributed by atoms with Crippen LogP contribution in [0.1, 0.15) is 0 Å². The van der Waals surface area contributed by atoms with Gasteiger partial charge in [0.25, 0.3) is 10.4 Å². The molecule has 0 saturated carbocycles. The van der Waals surface area contributed by atoms with Gasteiger partial charge in [0.1, 0.15) is 5.75 Å². The van der Waals surface area contributed by atoms with E-state index in [9.17, 15) is 13.0 Å². The molecule has 0 saturated heterocycles. The van der Waals surface area contributed by atoms with Gasteiger partial charge in [0.2, 0.25) is 0 Å². The van der Waals surface area contributed by atoms with Crippen molar-refractivity contribution >= 4 is 10.4 Å². The molecule has 0 atom stereocenters. The Morgan fingerprint density at radius 3 is 1.83 bits per heavy atom. The van der Waals surface area contributed by atoms with Gasteiger partial charge in [-0.15, -0.1) is 0 Å². The maximum absolute atomic E-state index is 10.4. The van der Waals surface area contributed by atoms with Crippen molar-refractivity contribution in [2.24, 2.45) is 0 Å². The molecule has 88 valence electrons. The van der Waals surface area contributed by atoms with Crippen LogP contribution >= 0.6 is 0 Å². The molecule has 0 aliphatic carbocycles. The van der Waals surface area contributed by atoms with Gasteiger partial charge in [-0.25, -0.2) is 8.42 Å². The van der Waals surface area contributed by atoms with Gasteiger partial charge in [-0.2, -0.15) is 0 Å². The fourth-order valence-corrected chi connectivity index (χ4v) is 1.80. The molecule has 18 heavy (non-hydrogen) atoms. The summed E-state index contributed by atoms with van der Waals surface area (Å²) in [7, 11) is -4.70. The topological polar surface area (TPSA) is 66.4 Å². The molecule has 0 radical (unpaired) electrons. The van der Waals surface area contributed by atoms with Crippen molar-refractivity contribution in [3.05, 3.63) is 54.6 Å². The number of hydrogen-bond donors (Lipinski definition) is 0. The third kappa shape index (κ3) is 4.81. The number of benzene rings is 2. The van der Waals surface area contributed by atoms with E-state index in [1.807, 2.05) is 30.3 Å². The molecule has 0 N–H and O–H groups in total. The first-order valence-corrected chi connectivity index (χ1v) is 6.19. The Balaban J connectivity index is 0.00000162. The summed E-state index contributed by atoms with van der Waals surface area (Å²) >= 11 is 0. The molecule has 2 aromatic carbocycles. The van der Waals surface area contributed by atoms with Crippen LogP contribution < -0.4 is 55.6 Å². The molecule has 0 aliphatic heterocycles. The molecule has 0 aromatic heterocycles. The van der Waals surface area contributed by atoms with Crippen LogP contribution in [0.4, 0.5) is 0 Å². The van der Waals surface area contributed by atoms with Crippen molar-refractivity contribution in [2.75, 3.05) is 0 Å². The van der Waals surface area contributed by atoms with Gasteiger partial charge in [-0.1, -0.05) is 42.5 Å². The monoisotopic (exact) mass is 288 g/mol. The van der Waals surface area contributed by atoms with Gasteiger partial charge in [0.15, 0.2) is 0 Å². The smallest absolute Gasteiger partial charge is 0.716 e. The second-order valence-corrected chi connectivity index (χ2v) is 4.37. The predicted molar refractivity (Wildman–Crippen MR) is 62.2 cm³/mol. The summed E-state index contributed by atoms with van der Waals surface area (Å²) in [6.45, 7) is 0. The van der Waals surface area contributed by atoms with Crippen molar-refractivity contribution < 1.29 is 68.5 Å². The zero-order chi connectivity index (χ0) is 12.3. The summed E-state index contributed by atoms with van der Waals surface area (Å²) in [5.41, 5.74) is 1.92. The molecule has 0 bridgehead atoms. The molecule has 4 nitrogen and oxygen atoms in total. The van der Waals surface area contributed by atoms with E-state index in [1.165, 1.54) is 12.1 Å². The van der Waals surface area contributed by atoms with Crippen LogP contribution in [0.3, 0.4) is 0 Å². The van der Waals surface area contributed by atoms with Crippen molar-refractivity contribution in [3.8, 4) is 16.9 Å². The number of rotatable bonds is 3. The van der Waals surface area contributed by atoms with E-state index >= 15 is 0 Å². The summed E-state index contributed by atoms with van der Waals surface area (Å²) in [6, 6.07) is 15.8. The van der Waals surface area contributed by atoms with E-state index < -0.39 is 10.4 Å². The Morgan fingerprint density at radius 2 is 1.33 bits per heavy atom. The van der Waals surface area contributed by atoms with Crippen molar-refractivity contribution in [1.29, 1.82) is 0 Å².